The summed E-state index contributed by atoms with van der Waals surface area (Å²) in [7, 11) is 0. The van der Waals surface area contributed by atoms with E-state index in [1.807, 2.05) is 0 Å². The Balaban J connectivity index is 2.62. The Bertz CT molecular complexity index is 406. The summed E-state index contributed by atoms with van der Waals surface area (Å²) in [6.07, 6.45) is -0.286. The van der Waals surface area contributed by atoms with Crippen LogP contribution in [0.15, 0.2) is 0 Å². The lowest BCUT2D eigenvalue weighted by Crippen LogP contribution is -2.40. The van der Waals surface area contributed by atoms with Crippen LogP contribution in [0, 0.1) is 5.92 Å². The fourth-order valence-corrected chi connectivity index (χ4v) is 2.06. The summed E-state index contributed by atoms with van der Waals surface area (Å²) in [6, 6.07) is -1.14. The highest BCUT2D eigenvalue weighted by Gasteiger charge is 2.42. The van der Waals surface area contributed by atoms with Gasteiger partial charge in [0.2, 0.25) is 5.91 Å². The van der Waals surface area contributed by atoms with Gasteiger partial charge in [0.1, 0.15) is 6.04 Å². The van der Waals surface area contributed by atoms with Gasteiger partial charge in [-0.3, -0.25) is 14.4 Å². The second kappa shape index (κ2) is 6.17. The third-order valence-electron chi connectivity index (χ3n) is 3.04. The van der Waals surface area contributed by atoms with Gasteiger partial charge in [-0.1, -0.05) is 0 Å². The SMILES string of the molecule is O=C(O)CCCC(=O)N1CC(C(=O)O)CC1C(=O)O. The summed E-state index contributed by atoms with van der Waals surface area (Å²) < 4.78 is 0. The molecule has 1 aliphatic heterocycles. The monoisotopic (exact) mass is 273 g/mol. The number of carbonyl (C=O) groups is 4. The summed E-state index contributed by atoms with van der Waals surface area (Å²) in [5.41, 5.74) is 0. The third-order valence-corrected chi connectivity index (χ3v) is 3.04. The predicted molar refractivity (Wildman–Crippen MR) is 60.4 cm³/mol. The first kappa shape index (κ1) is 14.9. The van der Waals surface area contributed by atoms with E-state index in [1.54, 1.807) is 0 Å². The Morgan fingerprint density at radius 3 is 2.11 bits per heavy atom. The van der Waals surface area contributed by atoms with Gasteiger partial charge in [-0.05, 0) is 12.8 Å². The van der Waals surface area contributed by atoms with Crippen LogP contribution in [0.2, 0.25) is 0 Å². The van der Waals surface area contributed by atoms with E-state index < -0.39 is 35.8 Å². The van der Waals surface area contributed by atoms with Gasteiger partial charge < -0.3 is 20.2 Å². The van der Waals surface area contributed by atoms with Gasteiger partial charge >= 0.3 is 17.9 Å². The molecule has 0 aliphatic carbocycles. The number of carboxylic acid groups (broad SMARTS) is 3. The molecule has 19 heavy (non-hydrogen) atoms. The molecule has 1 heterocycles. The standard InChI is InChI=1S/C11H15NO7/c13-8(2-1-3-9(14)15)12-5-6(10(16)17)4-7(12)11(18)19/h6-7H,1-5H2,(H,14,15)(H,16,17)(H,18,19). The zero-order valence-electron chi connectivity index (χ0n) is 10.1. The number of carboxylic acids is 3. The van der Waals surface area contributed by atoms with E-state index in [0.717, 1.165) is 4.90 Å². The molecule has 3 N–H and O–H groups in total. The molecule has 1 fully saturated rings. The van der Waals surface area contributed by atoms with Crippen LogP contribution in [0.5, 0.6) is 0 Å². The van der Waals surface area contributed by atoms with E-state index in [9.17, 15) is 19.2 Å². The van der Waals surface area contributed by atoms with Crippen molar-refractivity contribution in [3.63, 3.8) is 0 Å². The van der Waals surface area contributed by atoms with Crippen molar-refractivity contribution in [3.8, 4) is 0 Å². The molecule has 8 nitrogen and oxygen atoms in total. The molecule has 0 aromatic rings. The Morgan fingerprint density at radius 1 is 1.00 bits per heavy atom. The molecule has 0 bridgehead atoms. The van der Waals surface area contributed by atoms with Crippen LogP contribution in [-0.2, 0) is 19.2 Å². The van der Waals surface area contributed by atoms with E-state index in [1.165, 1.54) is 0 Å². The Morgan fingerprint density at radius 2 is 1.63 bits per heavy atom. The van der Waals surface area contributed by atoms with Gasteiger partial charge in [-0.25, -0.2) is 4.79 Å². The van der Waals surface area contributed by atoms with E-state index in [-0.39, 0.29) is 32.2 Å². The Labute approximate surface area is 108 Å². The second-order valence-electron chi connectivity index (χ2n) is 4.42. The van der Waals surface area contributed by atoms with Crippen LogP contribution in [0.25, 0.3) is 0 Å². The zero-order valence-corrected chi connectivity index (χ0v) is 10.1. The van der Waals surface area contributed by atoms with Gasteiger partial charge in [0, 0.05) is 19.4 Å². The summed E-state index contributed by atoms with van der Waals surface area (Å²) in [5.74, 6) is -4.81. The molecular formula is C11H15NO7. The maximum atomic E-state index is 11.8. The van der Waals surface area contributed by atoms with Crippen LogP contribution in [0.3, 0.4) is 0 Å². The summed E-state index contributed by atoms with van der Waals surface area (Å²) >= 11 is 0. The quantitative estimate of drug-likeness (QED) is 0.601. The molecule has 0 radical (unpaired) electrons. The maximum absolute atomic E-state index is 11.8. The minimum Gasteiger partial charge on any atom is -0.481 e. The van der Waals surface area contributed by atoms with Gasteiger partial charge in [0.15, 0.2) is 0 Å². The fraction of sp³-hybridized carbons (Fsp3) is 0.636. The lowest BCUT2D eigenvalue weighted by molar-refractivity contribution is -0.148. The molecule has 106 valence electrons. The Kier molecular flexibility index (Phi) is 4.85. The predicted octanol–water partition coefficient (Wildman–Crippen LogP) is -0.372. The van der Waals surface area contributed by atoms with Crippen LogP contribution < -0.4 is 0 Å². The third kappa shape index (κ3) is 3.94. The first-order valence-corrected chi connectivity index (χ1v) is 5.79. The highest BCUT2D eigenvalue weighted by atomic mass is 16.4. The van der Waals surface area contributed by atoms with E-state index in [2.05, 4.69) is 0 Å². The molecule has 1 saturated heterocycles. The molecule has 0 saturated carbocycles. The second-order valence-corrected chi connectivity index (χ2v) is 4.42. The molecule has 2 atom stereocenters. The molecule has 0 aromatic carbocycles. The maximum Gasteiger partial charge on any atom is 0.326 e. The minimum atomic E-state index is -1.24. The van der Waals surface area contributed by atoms with Gasteiger partial charge in [-0.15, -0.1) is 0 Å². The molecular weight excluding hydrogens is 258 g/mol. The number of nitrogens with zero attached hydrogens (tertiary/aromatic N) is 1. The molecule has 0 spiro atoms. The Hall–Kier alpha value is -2.12. The van der Waals surface area contributed by atoms with Gasteiger partial charge in [0.05, 0.1) is 5.92 Å². The van der Waals surface area contributed by atoms with Crippen LogP contribution in [-0.4, -0.2) is 56.6 Å². The van der Waals surface area contributed by atoms with Crippen molar-refractivity contribution >= 4 is 23.8 Å². The van der Waals surface area contributed by atoms with E-state index in [4.69, 9.17) is 15.3 Å². The molecule has 2 unspecified atom stereocenters. The number of hydrogen-bond donors (Lipinski definition) is 3. The highest BCUT2D eigenvalue weighted by molar-refractivity contribution is 5.86. The first-order chi connectivity index (χ1) is 8.82. The lowest BCUT2D eigenvalue weighted by Gasteiger charge is -2.21. The van der Waals surface area contributed by atoms with E-state index in [0.29, 0.717) is 0 Å². The molecule has 1 amide bonds. The van der Waals surface area contributed by atoms with Crippen molar-refractivity contribution < 1.29 is 34.5 Å². The fourth-order valence-electron chi connectivity index (χ4n) is 2.06. The zero-order chi connectivity index (χ0) is 14.6. The molecule has 0 aromatic heterocycles. The number of rotatable bonds is 6. The van der Waals surface area contributed by atoms with Crippen molar-refractivity contribution in [2.24, 2.45) is 5.92 Å². The minimum absolute atomic E-state index is 0.0948. The number of aliphatic carboxylic acids is 3. The first-order valence-electron chi connectivity index (χ1n) is 5.79. The normalized spacial score (nSPS) is 22.2. The molecule has 8 heteroatoms. The van der Waals surface area contributed by atoms with Crippen LogP contribution >= 0.6 is 0 Å². The number of carbonyl (C=O) groups excluding carboxylic acids is 1. The average molecular weight is 273 g/mol. The molecule has 1 aliphatic rings. The van der Waals surface area contributed by atoms with Crippen molar-refractivity contribution in [1.29, 1.82) is 0 Å². The van der Waals surface area contributed by atoms with E-state index >= 15 is 0 Å². The number of hydrogen-bond acceptors (Lipinski definition) is 4. The van der Waals surface area contributed by atoms with Crippen molar-refractivity contribution in [3.05, 3.63) is 0 Å². The average Bonchev–Trinajstić information content (AvgIpc) is 2.73. The largest absolute Gasteiger partial charge is 0.481 e. The molecule has 1 rings (SSSR count). The number of amides is 1. The lowest BCUT2D eigenvalue weighted by atomic mass is 10.1. The highest BCUT2D eigenvalue weighted by Crippen LogP contribution is 2.25. The van der Waals surface area contributed by atoms with Crippen molar-refractivity contribution in [2.45, 2.75) is 31.7 Å². The van der Waals surface area contributed by atoms with Gasteiger partial charge in [-0.2, -0.15) is 0 Å². The van der Waals surface area contributed by atoms with Crippen molar-refractivity contribution in [1.82, 2.24) is 4.90 Å². The van der Waals surface area contributed by atoms with Crippen LogP contribution in [0.4, 0.5) is 0 Å². The summed E-state index contributed by atoms with van der Waals surface area (Å²) in [6.45, 7) is -0.141. The summed E-state index contributed by atoms with van der Waals surface area (Å²) in [4.78, 5) is 44.9. The van der Waals surface area contributed by atoms with Gasteiger partial charge in [0.25, 0.3) is 0 Å². The van der Waals surface area contributed by atoms with Crippen molar-refractivity contribution in [2.75, 3.05) is 6.54 Å². The van der Waals surface area contributed by atoms with Crippen LogP contribution in [0.1, 0.15) is 25.7 Å². The number of likely N-dealkylation sites (tertiary alicyclic amines) is 1. The summed E-state index contributed by atoms with van der Waals surface area (Å²) in [5, 5.41) is 26.3. The topological polar surface area (TPSA) is 132 Å². The smallest absolute Gasteiger partial charge is 0.326 e.